The van der Waals surface area contributed by atoms with Gasteiger partial charge in [-0.2, -0.15) is 5.11 Å². The molecule has 0 saturated carbocycles. The van der Waals surface area contributed by atoms with E-state index in [9.17, 15) is 0 Å². The van der Waals surface area contributed by atoms with Crippen LogP contribution in [0.5, 0.6) is 5.75 Å². The SMILES string of the molecule is CCCN(CC)c1nc2cc(OCCC(C)CC(C)(C)C)c(N=N)cc2s1. The summed E-state index contributed by atoms with van der Waals surface area (Å²) in [5.74, 6) is 1.26. The average Bonchev–Trinajstić information content (AvgIpc) is 2.99. The van der Waals surface area contributed by atoms with Gasteiger partial charge in [0, 0.05) is 19.2 Å². The van der Waals surface area contributed by atoms with Gasteiger partial charge in [-0.15, -0.1) is 0 Å². The highest BCUT2D eigenvalue weighted by Gasteiger charge is 2.17. The van der Waals surface area contributed by atoms with Crippen LogP contribution in [0.2, 0.25) is 0 Å². The molecule has 1 aromatic heterocycles. The maximum Gasteiger partial charge on any atom is 0.186 e. The number of aromatic nitrogens is 1. The Labute approximate surface area is 167 Å². The molecule has 5 nitrogen and oxygen atoms in total. The minimum absolute atomic E-state index is 0.334. The highest BCUT2D eigenvalue weighted by Crippen LogP contribution is 2.38. The molecule has 0 saturated heterocycles. The van der Waals surface area contributed by atoms with Crippen molar-refractivity contribution in [3.8, 4) is 5.75 Å². The number of benzene rings is 1. The van der Waals surface area contributed by atoms with E-state index in [0.717, 1.165) is 41.3 Å². The first kappa shape index (κ1) is 21.6. The Morgan fingerprint density at radius 2 is 2.04 bits per heavy atom. The van der Waals surface area contributed by atoms with Crippen LogP contribution >= 0.6 is 11.3 Å². The summed E-state index contributed by atoms with van der Waals surface area (Å²) in [7, 11) is 0. The van der Waals surface area contributed by atoms with Crippen molar-refractivity contribution in [1.29, 1.82) is 5.53 Å². The van der Waals surface area contributed by atoms with Crippen LogP contribution in [0.3, 0.4) is 0 Å². The molecule has 2 rings (SSSR count). The summed E-state index contributed by atoms with van der Waals surface area (Å²) in [6.07, 6.45) is 3.26. The molecular formula is C21H34N4OS. The monoisotopic (exact) mass is 390 g/mol. The van der Waals surface area contributed by atoms with Crippen LogP contribution in [0.1, 0.15) is 60.8 Å². The molecule has 27 heavy (non-hydrogen) atoms. The van der Waals surface area contributed by atoms with E-state index in [1.165, 1.54) is 6.42 Å². The summed E-state index contributed by atoms with van der Waals surface area (Å²) in [6.45, 7) is 16.0. The van der Waals surface area contributed by atoms with Gasteiger partial charge in [0.25, 0.3) is 0 Å². The van der Waals surface area contributed by atoms with Crippen molar-refractivity contribution >= 4 is 32.4 Å². The van der Waals surface area contributed by atoms with Gasteiger partial charge in [0.2, 0.25) is 0 Å². The van der Waals surface area contributed by atoms with E-state index in [4.69, 9.17) is 15.3 Å². The smallest absolute Gasteiger partial charge is 0.186 e. The van der Waals surface area contributed by atoms with Crippen molar-refractivity contribution in [3.05, 3.63) is 12.1 Å². The summed E-state index contributed by atoms with van der Waals surface area (Å²) in [6, 6.07) is 3.87. The molecule has 0 fully saturated rings. The Balaban J connectivity index is 2.13. The molecule has 1 unspecified atom stereocenters. The molecular weight excluding hydrogens is 356 g/mol. The van der Waals surface area contributed by atoms with Crippen LogP contribution in [0, 0.1) is 16.9 Å². The Morgan fingerprint density at radius 3 is 2.63 bits per heavy atom. The Hall–Kier alpha value is -1.69. The standard InChI is InChI=1S/C21H34N4OS/c1-7-10-25(8-2)20-23-17-12-18(16(24-22)13-19(17)27-20)26-11-9-15(3)14-21(4,5)6/h12-13,15,22H,7-11,14H2,1-6H3. The summed E-state index contributed by atoms with van der Waals surface area (Å²) >= 11 is 1.66. The van der Waals surface area contributed by atoms with Gasteiger partial charge in [-0.05, 0) is 43.6 Å². The van der Waals surface area contributed by atoms with Crippen LogP contribution in [0.15, 0.2) is 17.2 Å². The Kier molecular flexibility index (Phi) is 7.59. The van der Waals surface area contributed by atoms with E-state index in [-0.39, 0.29) is 0 Å². The van der Waals surface area contributed by atoms with E-state index >= 15 is 0 Å². The number of ether oxygens (including phenoxy) is 1. The lowest BCUT2D eigenvalue weighted by molar-refractivity contribution is 0.241. The van der Waals surface area contributed by atoms with E-state index < -0.39 is 0 Å². The number of hydrogen-bond donors (Lipinski definition) is 1. The van der Waals surface area contributed by atoms with Crippen LogP contribution in [0.4, 0.5) is 10.8 Å². The molecule has 0 spiro atoms. The van der Waals surface area contributed by atoms with E-state index in [0.29, 0.717) is 29.4 Å². The highest BCUT2D eigenvalue weighted by molar-refractivity contribution is 7.22. The lowest BCUT2D eigenvalue weighted by Gasteiger charge is -2.23. The molecule has 1 heterocycles. The molecule has 1 aromatic carbocycles. The number of anilines is 1. The summed E-state index contributed by atoms with van der Waals surface area (Å²) < 4.78 is 7.06. The molecule has 0 amide bonds. The fraction of sp³-hybridized carbons (Fsp3) is 0.667. The van der Waals surface area contributed by atoms with Crippen molar-refractivity contribution in [2.24, 2.45) is 16.4 Å². The molecule has 0 bridgehead atoms. The second-order valence-corrected chi connectivity index (χ2v) is 9.49. The van der Waals surface area contributed by atoms with E-state index in [2.05, 4.69) is 51.6 Å². The minimum atomic E-state index is 0.334. The van der Waals surface area contributed by atoms with Gasteiger partial charge in [-0.3, -0.25) is 0 Å². The summed E-state index contributed by atoms with van der Waals surface area (Å²) in [5.41, 5.74) is 9.35. The van der Waals surface area contributed by atoms with Crippen molar-refractivity contribution in [3.63, 3.8) is 0 Å². The zero-order valence-electron chi connectivity index (χ0n) is 17.6. The number of nitrogens with zero attached hydrogens (tertiary/aromatic N) is 3. The first-order valence-corrected chi connectivity index (χ1v) is 10.8. The Bertz CT molecular complexity index is 750. The molecule has 2 aromatic rings. The van der Waals surface area contributed by atoms with Gasteiger partial charge in [0.05, 0.1) is 16.8 Å². The number of hydrogen-bond acceptors (Lipinski definition) is 6. The maximum atomic E-state index is 7.51. The topological polar surface area (TPSA) is 61.6 Å². The summed E-state index contributed by atoms with van der Waals surface area (Å²) in [5, 5.41) is 4.71. The molecule has 0 aliphatic heterocycles. The average molecular weight is 391 g/mol. The molecule has 1 N–H and O–H groups in total. The molecule has 0 aliphatic carbocycles. The normalized spacial score (nSPS) is 13.0. The number of thiazole rings is 1. The fourth-order valence-corrected chi connectivity index (χ4v) is 4.52. The van der Waals surface area contributed by atoms with E-state index in [1.807, 2.05) is 12.1 Å². The fourth-order valence-electron chi connectivity index (χ4n) is 3.45. The predicted octanol–water partition coefficient (Wildman–Crippen LogP) is 7.04. The first-order chi connectivity index (χ1) is 12.8. The van der Waals surface area contributed by atoms with Gasteiger partial charge >= 0.3 is 0 Å². The van der Waals surface area contributed by atoms with Gasteiger partial charge in [0.15, 0.2) is 5.13 Å². The van der Waals surface area contributed by atoms with Gasteiger partial charge in [-0.1, -0.05) is 46.0 Å². The first-order valence-electron chi connectivity index (χ1n) is 9.97. The lowest BCUT2D eigenvalue weighted by atomic mass is 9.84. The maximum absolute atomic E-state index is 7.51. The number of fused-ring (bicyclic) bond motifs is 1. The quantitative estimate of drug-likeness (QED) is 0.443. The predicted molar refractivity (Wildman–Crippen MR) is 116 cm³/mol. The van der Waals surface area contributed by atoms with E-state index in [1.54, 1.807) is 11.3 Å². The van der Waals surface area contributed by atoms with Gasteiger partial charge in [0.1, 0.15) is 11.4 Å². The molecule has 0 aliphatic rings. The number of nitrogens with one attached hydrogen (secondary N) is 1. The molecule has 6 heteroatoms. The summed E-state index contributed by atoms with van der Waals surface area (Å²) in [4.78, 5) is 7.08. The second-order valence-electron chi connectivity index (χ2n) is 8.48. The van der Waals surface area contributed by atoms with Gasteiger partial charge in [-0.25, -0.2) is 10.5 Å². The van der Waals surface area contributed by atoms with Crippen LogP contribution < -0.4 is 9.64 Å². The zero-order chi connectivity index (χ0) is 20.0. The van der Waals surface area contributed by atoms with Crippen LogP contribution in [-0.2, 0) is 0 Å². The second kappa shape index (κ2) is 9.49. The third kappa shape index (κ3) is 6.16. The number of rotatable bonds is 10. The third-order valence-corrected chi connectivity index (χ3v) is 5.63. The van der Waals surface area contributed by atoms with Crippen molar-refractivity contribution < 1.29 is 4.74 Å². The van der Waals surface area contributed by atoms with Crippen molar-refractivity contribution in [1.82, 2.24) is 4.98 Å². The van der Waals surface area contributed by atoms with Crippen molar-refractivity contribution in [2.75, 3.05) is 24.6 Å². The third-order valence-electron chi connectivity index (χ3n) is 4.55. The minimum Gasteiger partial charge on any atom is -0.491 e. The molecule has 0 radical (unpaired) electrons. The largest absolute Gasteiger partial charge is 0.491 e. The Morgan fingerprint density at radius 1 is 1.30 bits per heavy atom. The van der Waals surface area contributed by atoms with Gasteiger partial charge < -0.3 is 9.64 Å². The molecule has 1 atom stereocenters. The van der Waals surface area contributed by atoms with Crippen molar-refractivity contribution in [2.45, 2.75) is 60.8 Å². The lowest BCUT2D eigenvalue weighted by Crippen LogP contribution is -2.22. The highest BCUT2D eigenvalue weighted by atomic mass is 32.1. The zero-order valence-corrected chi connectivity index (χ0v) is 18.4. The van der Waals surface area contributed by atoms with Crippen LogP contribution in [0.25, 0.3) is 10.2 Å². The molecule has 150 valence electrons. The van der Waals surface area contributed by atoms with Crippen LogP contribution in [-0.4, -0.2) is 24.7 Å².